The molecular weight excluding hydrogens is 673 g/mol. The van der Waals surface area contributed by atoms with Crippen LogP contribution in [0.1, 0.15) is 73.1 Å². The molecule has 1 saturated carbocycles. The number of allylic oxidation sites excluding steroid dienone is 1. The molecular formula is C43H54N2O6S. The van der Waals surface area contributed by atoms with Crippen LogP contribution in [0.4, 0.5) is 0 Å². The van der Waals surface area contributed by atoms with Crippen LogP contribution in [-0.2, 0) is 16.0 Å². The maximum atomic E-state index is 9.86. The molecule has 0 bridgehead atoms. The number of ether oxygens (including phenoxy) is 3. The van der Waals surface area contributed by atoms with Crippen molar-refractivity contribution in [2.45, 2.75) is 82.2 Å². The fraction of sp³-hybridized carbons (Fsp3) is 0.488. The molecule has 1 aromatic heterocycles. The number of pyridine rings is 1. The number of aliphatic hydroxyl groups is 2. The summed E-state index contributed by atoms with van der Waals surface area (Å²) >= 11 is 1.86. The molecule has 1 aliphatic heterocycles. The van der Waals surface area contributed by atoms with Gasteiger partial charge in [-0.25, -0.2) is 0 Å². The smallest absolute Gasteiger partial charge is 0.230 e. The molecule has 0 spiro atoms. The van der Waals surface area contributed by atoms with Crippen molar-refractivity contribution < 1.29 is 29.3 Å². The summed E-state index contributed by atoms with van der Waals surface area (Å²) in [5.41, 5.74) is 6.81. The van der Waals surface area contributed by atoms with E-state index in [-0.39, 0.29) is 42.1 Å². The van der Waals surface area contributed by atoms with Crippen molar-refractivity contribution >= 4 is 17.5 Å². The quantitative estimate of drug-likeness (QED) is 0.0763. The SMILES string of the molecule is C=CCOC12Oc3ccc(Oc4ccc(C)c(C)c4)cc3C3C(CCCCO)C(CCCCO)C=C(C(=NOC)CC1SCCc1ccncc1)C32. The van der Waals surface area contributed by atoms with Crippen LogP contribution in [0.15, 0.2) is 90.4 Å². The average Bonchev–Trinajstić information content (AvgIpc) is 3.15. The Kier molecular flexibility index (Phi) is 13.1. The Bertz CT molecular complexity index is 1710. The van der Waals surface area contributed by atoms with E-state index in [1.807, 2.05) is 42.4 Å². The summed E-state index contributed by atoms with van der Waals surface area (Å²) in [6.07, 6.45) is 14.6. The Morgan fingerprint density at radius 1 is 0.981 bits per heavy atom. The molecule has 2 heterocycles. The zero-order valence-electron chi connectivity index (χ0n) is 30.8. The van der Waals surface area contributed by atoms with Crippen molar-refractivity contribution in [3.63, 3.8) is 0 Å². The first kappa shape index (κ1) is 38.1. The molecule has 9 heteroatoms. The minimum absolute atomic E-state index is 0.0142. The van der Waals surface area contributed by atoms with Gasteiger partial charge in [-0.1, -0.05) is 36.2 Å². The van der Waals surface area contributed by atoms with Gasteiger partial charge in [-0.05, 0) is 128 Å². The second-order valence-corrected chi connectivity index (χ2v) is 15.6. The molecule has 2 N–H and O–H groups in total. The number of fused-ring (bicyclic) bond motifs is 2. The Hall–Kier alpha value is -3.63. The van der Waals surface area contributed by atoms with E-state index in [0.717, 1.165) is 84.8 Å². The summed E-state index contributed by atoms with van der Waals surface area (Å²) in [5, 5.41) is 24.2. The van der Waals surface area contributed by atoms with Crippen LogP contribution in [0, 0.1) is 31.6 Å². The molecule has 52 heavy (non-hydrogen) atoms. The van der Waals surface area contributed by atoms with Crippen LogP contribution < -0.4 is 9.47 Å². The molecule has 278 valence electrons. The van der Waals surface area contributed by atoms with E-state index in [0.29, 0.717) is 13.0 Å². The lowest BCUT2D eigenvalue weighted by molar-refractivity contribution is -0.223. The first-order valence-corrected chi connectivity index (χ1v) is 19.8. The van der Waals surface area contributed by atoms with Gasteiger partial charge in [0.05, 0.1) is 23.5 Å². The Balaban J connectivity index is 1.49. The highest BCUT2D eigenvalue weighted by molar-refractivity contribution is 8.00. The van der Waals surface area contributed by atoms with E-state index >= 15 is 0 Å². The van der Waals surface area contributed by atoms with Gasteiger partial charge in [0.2, 0.25) is 5.79 Å². The average molecular weight is 727 g/mol. The van der Waals surface area contributed by atoms with Crippen LogP contribution in [-0.4, -0.2) is 64.6 Å². The first-order chi connectivity index (χ1) is 25.4. The third kappa shape index (κ3) is 8.28. The molecule has 3 aromatic rings. The molecule has 1 fully saturated rings. The number of oxime groups is 1. The van der Waals surface area contributed by atoms with Crippen molar-refractivity contribution in [3.8, 4) is 17.2 Å². The molecule has 0 amide bonds. The van der Waals surface area contributed by atoms with Crippen LogP contribution in [0.25, 0.3) is 0 Å². The van der Waals surface area contributed by atoms with E-state index in [2.05, 4.69) is 67.9 Å². The summed E-state index contributed by atoms with van der Waals surface area (Å²) in [6, 6.07) is 16.6. The lowest BCUT2D eigenvalue weighted by Gasteiger charge is -2.58. The maximum absolute atomic E-state index is 9.86. The first-order valence-electron chi connectivity index (χ1n) is 18.8. The molecule has 8 nitrogen and oxygen atoms in total. The van der Waals surface area contributed by atoms with Crippen LogP contribution in [0.2, 0.25) is 0 Å². The summed E-state index contributed by atoms with van der Waals surface area (Å²) < 4.78 is 20.8. The van der Waals surface area contributed by atoms with Crippen LogP contribution in [0.3, 0.4) is 0 Å². The van der Waals surface area contributed by atoms with Gasteiger partial charge >= 0.3 is 0 Å². The lowest BCUT2D eigenvalue weighted by atomic mass is 9.56. The normalized spacial score (nSPS) is 25.4. The molecule has 6 unspecified atom stereocenters. The summed E-state index contributed by atoms with van der Waals surface area (Å²) in [5.74, 6) is 2.55. The molecule has 6 atom stereocenters. The van der Waals surface area contributed by atoms with Crippen LogP contribution in [0.5, 0.6) is 17.2 Å². The van der Waals surface area contributed by atoms with Gasteiger partial charge in [0, 0.05) is 43.5 Å². The molecule has 0 saturated heterocycles. The minimum Gasteiger partial charge on any atom is -0.460 e. The standard InChI is InChI=1S/C43H54N2O6S/c1-5-23-49-43-40(52-24-18-31-16-19-44-20-17-31)28-38(45-48-4)36-26-32(10-6-8-21-46)35(11-7-9-22-47)41(42(36)43)37-27-34(14-15-39(37)51-43)50-33-13-12-29(2)30(3)25-33/h5,12-17,19-20,25-27,32,35,40-42,46-47H,1,6-11,18,21-24,28H2,2-4H3. The number of thioether (sulfide) groups is 1. The van der Waals surface area contributed by atoms with Gasteiger partial charge in [-0.3, -0.25) is 4.98 Å². The van der Waals surface area contributed by atoms with E-state index in [1.165, 1.54) is 16.7 Å². The largest absolute Gasteiger partial charge is 0.460 e. The zero-order chi connectivity index (χ0) is 36.5. The summed E-state index contributed by atoms with van der Waals surface area (Å²) in [7, 11) is 1.62. The number of aryl methyl sites for hydroxylation is 3. The summed E-state index contributed by atoms with van der Waals surface area (Å²) in [6.45, 7) is 8.92. The van der Waals surface area contributed by atoms with Crippen molar-refractivity contribution in [1.29, 1.82) is 0 Å². The molecule has 6 rings (SSSR count). The minimum atomic E-state index is -0.991. The second kappa shape index (κ2) is 17.9. The van der Waals surface area contributed by atoms with E-state index < -0.39 is 5.79 Å². The third-order valence-electron chi connectivity index (χ3n) is 11.0. The highest BCUT2D eigenvalue weighted by atomic mass is 32.2. The van der Waals surface area contributed by atoms with Crippen molar-refractivity contribution in [3.05, 3.63) is 107 Å². The third-order valence-corrected chi connectivity index (χ3v) is 12.3. The van der Waals surface area contributed by atoms with E-state index in [4.69, 9.17) is 24.2 Å². The van der Waals surface area contributed by atoms with E-state index in [1.54, 1.807) is 7.11 Å². The Morgan fingerprint density at radius 3 is 2.46 bits per heavy atom. The fourth-order valence-electron chi connectivity index (χ4n) is 8.43. The molecule has 3 aliphatic rings. The zero-order valence-corrected chi connectivity index (χ0v) is 31.7. The highest BCUT2D eigenvalue weighted by Crippen LogP contribution is 2.62. The van der Waals surface area contributed by atoms with Gasteiger partial charge in [-0.2, -0.15) is 11.8 Å². The van der Waals surface area contributed by atoms with Gasteiger partial charge in [0.1, 0.15) is 24.4 Å². The number of aliphatic hydroxyl groups excluding tert-OH is 2. The monoisotopic (exact) mass is 726 g/mol. The second-order valence-electron chi connectivity index (χ2n) is 14.3. The van der Waals surface area contributed by atoms with Crippen molar-refractivity contribution in [2.24, 2.45) is 22.9 Å². The Morgan fingerprint density at radius 2 is 1.73 bits per heavy atom. The van der Waals surface area contributed by atoms with E-state index in [9.17, 15) is 10.2 Å². The number of aromatic nitrogens is 1. The maximum Gasteiger partial charge on any atom is 0.230 e. The van der Waals surface area contributed by atoms with Crippen LogP contribution >= 0.6 is 11.8 Å². The number of benzene rings is 2. The lowest BCUT2D eigenvalue weighted by Crippen LogP contribution is -2.64. The predicted molar refractivity (Wildman–Crippen MR) is 208 cm³/mol. The molecule has 2 aliphatic carbocycles. The van der Waals surface area contributed by atoms with Gasteiger partial charge in [0.15, 0.2) is 0 Å². The van der Waals surface area contributed by atoms with Crippen molar-refractivity contribution in [1.82, 2.24) is 4.98 Å². The molecule has 2 aromatic carbocycles. The number of unbranched alkanes of at least 4 members (excludes halogenated alkanes) is 2. The highest BCUT2D eigenvalue weighted by Gasteiger charge is 2.63. The number of hydrogen-bond acceptors (Lipinski definition) is 9. The predicted octanol–water partition coefficient (Wildman–Crippen LogP) is 8.73. The Labute approximate surface area is 313 Å². The van der Waals surface area contributed by atoms with Crippen molar-refractivity contribution in [2.75, 3.05) is 32.7 Å². The van der Waals surface area contributed by atoms with Gasteiger partial charge < -0.3 is 29.3 Å². The number of rotatable bonds is 18. The van der Waals surface area contributed by atoms with Gasteiger partial charge in [-0.15, -0.1) is 6.58 Å². The molecule has 0 radical (unpaired) electrons. The summed E-state index contributed by atoms with van der Waals surface area (Å²) in [4.78, 5) is 9.75. The number of nitrogens with zero attached hydrogens (tertiary/aromatic N) is 2. The topological polar surface area (TPSA) is 103 Å². The van der Waals surface area contributed by atoms with Gasteiger partial charge in [0.25, 0.3) is 0 Å². The fourth-order valence-corrected chi connectivity index (χ4v) is 9.84. The number of hydrogen-bond donors (Lipinski definition) is 2.